The number of aromatic nitrogens is 1. The van der Waals surface area contributed by atoms with Crippen molar-refractivity contribution >= 4 is 11.6 Å². The number of pyridine rings is 1. The van der Waals surface area contributed by atoms with Crippen LogP contribution in [0.25, 0.3) is 0 Å². The van der Waals surface area contributed by atoms with Gasteiger partial charge in [0.2, 0.25) is 5.91 Å². The summed E-state index contributed by atoms with van der Waals surface area (Å²) in [5, 5.41) is 0. The van der Waals surface area contributed by atoms with E-state index in [2.05, 4.69) is 47.1 Å². The molecule has 1 saturated heterocycles. The first-order chi connectivity index (χ1) is 12.2. The number of piperidine rings is 1. The number of hydrogen-bond donors (Lipinski definition) is 0. The standard InChI is InChI=1S/C21H25N3O/c1-21(20(25)24-12-8-18-15-22-11-7-19(18)24)9-13-23(14-10-21)16-17-5-3-2-4-6-17/h2-7,11,15H,8-10,12-14,16H2,1H3. The molecule has 4 nitrogen and oxygen atoms in total. The minimum Gasteiger partial charge on any atom is -0.311 e. The Kier molecular flexibility index (Phi) is 4.30. The molecule has 2 aromatic rings. The molecule has 130 valence electrons. The average Bonchev–Trinajstić information content (AvgIpc) is 3.08. The van der Waals surface area contributed by atoms with Gasteiger partial charge in [0, 0.05) is 36.6 Å². The number of benzene rings is 1. The van der Waals surface area contributed by atoms with E-state index in [1.165, 1.54) is 11.1 Å². The van der Waals surface area contributed by atoms with Crippen LogP contribution < -0.4 is 4.90 Å². The van der Waals surface area contributed by atoms with Crippen LogP contribution >= 0.6 is 0 Å². The lowest BCUT2D eigenvalue weighted by Gasteiger charge is -2.40. The molecule has 2 aliphatic heterocycles. The lowest BCUT2D eigenvalue weighted by atomic mass is 9.79. The second kappa shape index (κ2) is 6.60. The second-order valence-corrected chi connectivity index (χ2v) is 7.53. The second-order valence-electron chi connectivity index (χ2n) is 7.53. The number of amides is 1. The van der Waals surface area contributed by atoms with Crippen LogP contribution in [0.15, 0.2) is 48.8 Å². The molecule has 4 heteroatoms. The molecule has 0 bridgehead atoms. The molecule has 0 saturated carbocycles. The van der Waals surface area contributed by atoms with E-state index in [4.69, 9.17) is 0 Å². The predicted molar refractivity (Wildman–Crippen MR) is 99.4 cm³/mol. The van der Waals surface area contributed by atoms with Gasteiger partial charge in [-0.05, 0) is 49.5 Å². The van der Waals surface area contributed by atoms with Crippen LogP contribution in [0, 0.1) is 5.41 Å². The van der Waals surface area contributed by atoms with Crippen molar-refractivity contribution in [3.05, 3.63) is 59.9 Å². The fraction of sp³-hybridized carbons (Fsp3) is 0.429. The van der Waals surface area contributed by atoms with Crippen LogP contribution in [0.5, 0.6) is 0 Å². The topological polar surface area (TPSA) is 36.4 Å². The molecule has 0 radical (unpaired) electrons. The van der Waals surface area contributed by atoms with Crippen molar-refractivity contribution in [3.8, 4) is 0 Å². The van der Waals surface area contributed by atoms with Gasteiger partial charge in [-0.1, -0.05) is 37.3 Å². The summed E-state index contributed by atoms with van der Waals surface area (Å²) in [6.45, 7) is 5.88. The van der Waals surface area contributed by atoms with Crippen LogP contribution in [0.2, 0.25) is 0 Å². The van der Waals surface area contributed by atoms with Crippen molar-refractivity contribution in [3.63, 3.8) is 0 Å². The summed E-state index contributed by atoms with van der Waals surface area (Å²) in [4.78, 5) is 21.9. The third-order valence-electron chi connectivity index (χ3n) is 5.74. The zero-order valence-electron chi connectivity index (χ0n) is 14.8. The highest BCUT2D eigenvalue weighted by atomic mass is 16.2. The van der Waals surface area contributed by atoms with Gasteiger partial charge in [0.05, 0.1) is 0 Å². The highest BCUT2D eigenvalue weighted by Gasteiger charge is 2.41. The Bertz CT molecular complexity index is 751. The lowest BCUT2D eigenvalue weighted by Crippen LogP contribution is -2.48. The van der Waals surface area contributed by atoms with Gasteiger partial charge < -0.3 is 4.90 Å². The Hall–Kier alpha value is -2.20. The van der Waals surface area contributed by atoms with Gasteiger partial charge in [-0.2, -0.15) is 0 Å². The van der Waals surface area contributed by atoms with Crippen LogP contribution in [0.3, 0.4) is 0 Å². The molecule has 3 heterocycles. The van der Waals surface area contributed by atoms with Crippen LogP contribution in [0.1, 0.15) is 30.9 Å². The van der Waals surface area contributed by atoms with E-state index in [0.717, 1.165) is 51.1 Å². The lowest BCUT2D eigenvalue weighted by molar-refractivity contribution is -0.129. The first-order valence-electron chi connectivity index (χ1n) is 9.17. The number of likely N-dealkylation sites (tertiary alicyclic amines) is 1. The van der Waals surface area contributed by atoms with Gasteiger partial charge in [0.15, 0.2) is 0 Å². The molecular weight excluding hydrogens is 310 g/mol. The Morgan fingerprint density at radius 2 is 1.88 bits per heavy atom. The van der Waals surface area contributed by atoms with Crippen molar-refractivity contribution in [1.29, 1.82) is 0 Å². The summed E-state index contributed by atoms with van der Waals surface area (Å²) in [6.07, 6.45) is 6.46. The molecule has 1 aromatic heterocycles. The zero-order chi connectivity index (χ0) is 17.3. The Balaban J connectivity index is 1.41. The monoisotopic (exact) mass is 335 g/mol. The molecule has 0 spiro atoms. The van der Waals surface area contributed by atoms with Gasteiger partial charge in [-0.15, -0.1) is 0 Å². The number of rotatable bonds is 3. The maximum absolute atomic E-state index is 13.2. The van der Waals surface area contributed by atoms with Gasteiger partial charge >= 0.3 is 0 Å². The summed E-state index contributed by atoms with van der Waals surface area (Å²) in [5.41, 5.74) is 3.35. The van der Waals surface area contributed by atoms with Crippen molar-refractivity contribution < 1.29 is 4.79 Å². The average molecular weight is 335 g/mol. The molecule has 0 atom stereocenters. The maximum atomic E-state index is 13.2. The minimum atomic E-state index is -0.252. The third kappa shape index (κ3) is 3.19. The van der Waals surface area contributed by atoms with Crippen molar-refractivity contribution in [2.75, 3.05) is 24.5 Å². The first kappa shape index (κ1) is 16.3. The first-order valence-corrected chi connectivity index (χ1v) is 9.17. The van der Waals surface area contributed by atoms with E-state index < -0.39 is 0 Å². The Morgan fingerprint density at radius 3 is 2.64 bits per heavy atom. The highest BCUT2D eigenvalue weighted by molar-refractivity contribution is 5.99. The summed E-state index contributed by atoms with van der Waals surface area (Å²) in [7, 11) is 0. The summed E-state index contributed by atoms with van der Waals surface area (Å²) in [6, 6.07) is 12.6. The van der Waals surface area contributed by atoms with Crippen molar-refractivity contribution in [1.82, 2.24) is 9.88 Å². The van der Waals surface area contributed by atoms with Crippen molar-refractivity contribution in [2.24, 2.45) is 5.41 Å². The normalized spacial score (nSPS) is 19.6. The van der Waals surface area contributed by atoms with E-state index in [9.17, 15) is 4.79 Å². The summed E-state index contributed by atoms with van der Waals surface area (Å²) < 4.78 is 0. The number of anilines is 1. The molecule has 1 aromatic carbocycles. The zero-order valence-corrected chi connectivity index (χ0v) is 14.8. The number of carbonyl (C=O) groups is 1. The number of fused-ring (bicyclic) bond motifs is 1. The summed E-state index contributed by atoms with van der Waals surface area (Å²) >= 11 is 0. The number of nitrogens with zero attached hydrogens (tertiary/aromatic N) is 3. The van der Waals surface area contributed by atoms with Gasteiger partial charge in [0.1, 0.15) is 0 Å². The van der Waals surface area contributed by atoms with E-state index in [1.807, 2.05) is 17.2 Å². The predicted octanol–water partition coefficient (Wildman–Crippen LogP) is 3.27. The Labute approximate surface area is 149 Å². The molecule has 25 heavy (non-hydrogen) atoms. The molecule has 1 amide bonds. The van der Waals surface area contributed by atoms with Crippen LogP contribution in [0.4, 0.5) is 5.69 Å². The van der Waals surface area contributed by atoms with E-state index in [-0.39, 0.29) is 11.3 Å². The van der Waals surface area contributed by atoms with Gasteiger partial charge in [0.25, 0.3) is 0 Å². The molecule has 0 aliphatic carbocycles. The summed E-state index contributed by atoms with van der Waals surface area (Å²) in [5.74, 6) is 0.289. The quantitative estimate of drug-likeness (QED) is 0.864. The van der Waals surface area contributed by atoms with E-state index >= 15 is 0 Å². The number of carbonyl (C=O) groups excluding carboxylic acids is 1. The molecular formula is C21H25N3O. The van der Waals surface area contributed by atoms with E-state index in [1.54, 1.807) is 6.20 Å². The largest absolute Gasteiger partial charge is 0.311 e. The van der Waals surface area contributed by atoms with Crippen LogP contribution in [-0.2, 0) is 17.8 Å². The molecule has 4 rings (SSSR count). The fourth-order valence-electron chi connectivity index (χ4n) is 4.03. The fourth-order valence-corrected chi connectivity index (χ4v) is 4.03. The highest BCUT2D eigenvalue weighted by Crippen LogP contribution is 2.37. The van der Waals surface area contributed by atoms with Gasteiger partial charge in [-0.3, -0.25) is 14.7 Å². The van der Waals surface area contributed by atoms with Crippen molar-refractivity contribution in [2.45, 2.75) is 32.7 Å². The van der Waals surface area contributed by atoms with E-state index in [0.29, 0.717) is 0 Å². The maximum Gasteiger partial charge on any atom is 0.233 e. The smallest absolute Gasteiger partial charge is 0.233 e. The Morgan fingerprint density at radius 1 is 1.12 bits per heavy atom. The molecule has 2 aliphatic rings. The molecule has 0 N–H and O–H groups in total. The third-order valence-corrected chi connectivity index (χ3v) is 5.74. The van der Waals surface area contributed by atoms with Crippen LogP contribution in [-0.4, -0.2) is 35.4 Å². The van der Waals surface area contributed by atoms with Gasteiger partial charge in [-0.25, -0.2) is 0 Å². The minimum absolute atomic E-state index is 0.252. The SMILES string of the molecule is CC1(C(=O)N2CCc3cnccc32)CCN(Cc2ccccc2)CC1. The number of hydrogen-bond acceptors (Lipinski definition) is 3. The molecule has 1 fully saturated rings. The molecule has 0 unspecified atom stereocenters.